The molecule has 30 heavy (non-hydrogen) atoms. The molecule has 1 aromatic heterocycles. The molecule has 0 saturated carbocycles. The third-order valence-electron chi connectivity index (χ3n) is 5.45. The maximum absolute atomic E-state index is 6.02. The van der Waals surface area contributed by atoms with Gasteiger partial charge >= 0.3 is 0 Å². The highest BCUT2D eigenvalue weighted by Gasteiger charge is 2.08. The zero-order valence-corrected chi connectivity index (χ0v) is 17.6. The summed E-state index contributed by atoms with van der Waals surface area (Å²) in [6, 6.07) is 22.8. The molecular weight excluding hydrogens is 372 g/mol. The summed E-state index contributed by atoms with van der Waals surface area (Å²) in [5.41, 5.74) is 6.12. The van der Waals surface area contributed by atoms with Crippen LogP contribution in [0, 0.1) is 6.92 Å². The van der Waals surface area contributed by atoms with Gasteiger partial charge in [0.25, 0.3) is 0 Å². The predicted octanol–water partition coefficient (Wildman–Crippen LogP) is 5.40. The number of nitrogens with one attached hydrogen (secondary N) is 2. The summed E-state index contributed by atoms with van der Waals surface area (Å²) in [5.74, 6) is 1.53. The molecule has 4 rings (SSSR count). The maximum atomic E-state index is 6.02. The highest BCUT2D eigenvalue weighted by molar-refractivity contribution is 5.83. The largest absolute Gasteiger partial charge is 0.493 e. The summed E-state index contributed by atoms with van der Waals surface area (Å²) < 4.78 is 11.6. The van der Waals surface area contributed by atoms with Crippen molar-refractivity contribution >= 4 is 10.9 Å². The molecule has 0 fully saturated rings. The summed E-state index contributed by atoms with van der Waals surface area (Å²) in [7, 11) is 1.68. The van der Waals surface area contributed by atoms with Crippen molar-refractivity contribution in [1.82, 2.24) is 10.3 Å². The number of rotatable bonds is 9. The summed E-state index contributed by atoms with van der Waals surface area (Å²) >= 11 is 0. The Labute approximate surface area is 177 Å². The number of hydrogen-bond acceptors (Lipinski definition) is 3. The molecule has 0 atom stereocenters. The standard InChI is InChI=1S/C26H28N2O2/c1-19-7-3-4-8-22(19)18-30-25-12-11-20(15-26(25)29-2)16-27-14-13-21-17-28-24-10-6-5-9-23(21)24/h3-12,15,17,27-28H,13-14,16,18H2,1-2H3. The molecule has 4 aromatic rings. The summed E-state index contributed by atoms with van der Waals surface area (Å²) in [6.07, 6.45) is 3.09. The van der Waals surface area contributed by atoms with Gasteiger partial charge in [-0.15, -0.1) is 0 Å². The van der Waals surface area contributed by atoms with Crippen molar-refractivity contribution in [1.29, 1.82) is 0 Å². The van der Waals surface area contributed by atoms with Crippen molar-refractivity contribution in [2.75, 3.05) is 13.7 Å². The van der Waals surface area contributed by atoms with E-state index in [4.69, 9.17) is 9.47 Å². The molecule has 0 aliphatic carbocycles. The van der Waals surface area contributed by atoms with E-state index in [1.54, 1.807) is 7.11 Å². The second-order valence-corrected chi connectivity index (χ2v) is 7.49. The zero-order valence-electron chi connectivity index (χ0n) is 17.6. The second kappa shape index (κ2) is 9.51. The third-order valence-corrected chi connectivity index (χ3v) is 5.45. The summed E-state index contributed by atoms with van der Waals surface area (Å²) in [4.78, 5) is 3.34. The van der Waals surface area contributed by atoms with Crippen LogP contribution in [-0.2, 0) is 19.6 Å². The van der Waals surface area contributed by atoms with Crippen LogP contribution in [0.25, 0.3) is 10.9 Å². The monoisotopic (exact) mass is 400 g/mol. The third kappa shape index (κ3) is 4.66. The number of H-pyrrole nitrogens is 1. The number of aromatic amines is 1. The Balaban J connectivity index is 1.32. The average molecular weight is 401 g/mol. The molecule has 154 valence electrons. The van der Waals surface area contributed by atoms with Gasteiger partial charge in [-0.25, -0.2) is 0 Å². The molecular formula is C26H28N2O2. The number of aryl methyl sites for hydroxylation is 1. The molecule has 0 amide bonds. The molecule has 0 spiro atoms. The van der Waals surface area contributed by atoms with Crippen LogP contribution >= 0.6 is 0 Å². The smallest absolute Gasteiger partial charge is 0.161 e. The molecule has 4 heteroatoms. The Hall–Kier alpha value is -3.24. The number of benzene rings is 3. The minimum Gasteiger partial charge on any atom is -0.493 e. The number of fused-ring (bicyclic) bond motifs is 1. The van der Waals surface area contributed by atoms with Crippen molar-refractivity contribution in [3.8, 4) is 11.5 Å². The van der Waals surface area contributed by atoms with Gasteiger partial charge in [0, 0.05) is 23.6 Å². The molecule has 1 heterocycles. The van der Waals surface area contributed by atoms with Crippen molar-refractivity contribution in [3.63, 3.8) is 0 Å². The van der Waals surface area contributed by atoms with Gasteiger partial charge in [-0.3, -0.25) is 0 Å². The fraction of sp³-hybridized carbons (Fsp3) is 0.231. The van der Waals surface area contributed by atoms with Crippen molar-refractivity contribution in [2.24, 2.45) is 0 Å². The van der Waals surface area contributed by atoms with Crippen molar-refractivity contribution < 1.29 is 9.47 Å². The van der Waals surface area contributed by atoms with Gasteiger partial charge in [-0.2, -0.15) is 0 Å². The Morgan fingerprint density at radius 2 is 1.73 bits per heavy atom. The van der Waals surface area contributed by atoms with E-state index in [0.717, 1.165) is 31.0 Å². The molecule has 0 saturated heterocycles. The Bertz CT molecular complexity index is 1120. The lowest BCUT2D eigenvalue weighted by Gasteiger charge is -2.13. The lowest BCUT2D eigenvalue weighted by Crippen LogP contribution is -2.16. The van der Waals surface area contributed by atoms with E-state index in [9.17, 15) is 0 Å². The normalized spacial score (nSPS) is 11.0. The van der Waals surface area contributed by atoms with Gasteiger partial charge in [0.1, 0.15) is 6.61 Å². The lowest BCUT2D eigenvalue weighted by molar-refractivity contribution is 0.283. The van der Waals surface area contributed by atoms with Crippen LogP contribution in [-0.4, -0.2) is 18.6 Å². The molecule has 0 aliphatic heterocycles. The second-order valence-electron chi connectivity index (χ2n) is 7.49. The predicted molar refractivity (Wildman–Crippen MR) is 122 cm³/mol. The highest BCUT2D eigenvalue weighted by atomic mass is 16.5. The topological polar surface area (TPSA) is 46.3 Å². The van der Waals surface area contributed by atoms with E-state index in [1.807, 2.05) is 24.3 Å². The van der Waals surface area contributed by atoms with E-state index >= 15 is 0 Å². The molecule has 4 nitrogen and oxygen atoms in total. The Kier molecular flexibility index (Phi) is 6.35. The number of hydrogen-bond donors (Lipinski definition) is 2. The summed E-state index contributed by atoms with van der Waals surface area (Å²) in [6.45, 7) is 4.33. The van der Waals surface area contributed by atoms with Gasteiger partial charge in [-0.05, 0) is 60.3 Å². The molecule has 0 aliphatic rings. The van der Waals surface area contributed by atoms with Crippen molar-refractivity contribution in [2.45, 2.75) is 26.5 Å². The van der Waals surface area contributed by atoms with Crippen LogP contribution in [0.2, 0.25) is 0 Å². The first-order valence-corrected chi connectivity index (χ1v) is 10.3. The van der Waals surface area contributed by atoms with Crippen LogP contribution in [0.1, 0.15) is 22.3 Å². The quantitative estimate of drug-likeness (QED) is 0.370. The molecule has 0 radical (unpaired) electrons. The number of methoxy groups -OCH3 is 1. The molecule has 0 unspecified atom stereocenters. The average Bonchev–Trinajstić information content (AvgIpc) is 3.19. The van der Waals surface area contributed by atoms with Crippen LogP contribution in [0.3, 0.4) is 0 Å². The Morgan fingerprint density at radius 1 is 0.900 bits per heavy atom. The van der Waals surface area contributed by atoms with E-state index in [1.165, 1.54) is 33.2 Å². The van der Waals surface area contributed by atoms with Gasteiger partial charge in [-0.1, -0.05) is 48.5 Å². The first kappa shape index (κ1) is 20.0. The van der Waals surface area contributed by atoms with E-state index in [2.05, 4.69) is 65.9 Å². The molecule has 3 aromatic carbocycles. The van der Waals surface area contributed by atoms with Gasteiger partial charge in [0.15, 0.2) is 11.5 Å². The van der Waals surface area contributed by atoms with Gasteiger partial charge in [0.2, 0.25) is 0 Å². The minimum atomic E-state index is 0.533. The van der Waals surface area contributed by atoms with E-state index in [0.29, 0.717) is 6.61 Å². The molecule has 0 bridgehead atoms. The zero-order chi connectivity index (χ0) is 20.8. The number of ether oxygens (including phenoxy) is 2. The van der Waals surface area contributed by atoms with Crippen LogP contribution in [0.15, 0.2) is 72.9 Å². The van der Waals surface area contributed by atoms with Gasteiger partial charge in [0.05, 0.1) is 7.11 Å². The van der Waals surface area contributed by atoms with Crippen LogP contribution < -0.4 is 14.8 Å². The van der Waals surface area contributed by atoms with Crippen molar-refractivity contribution in [3.05, 3.63) is 95.2 Å². The fourth-order valence-corrected chi connectivity index (χ4v) is 3.66. The maximum Gasteiger partial charge on any atom is 0.161 e. The fourth-order valence-electron chi connectivity index (χ4n) is 3.66. The minimum absolute atomic E-state index is 0.533. The SMILES string of the molecule is COc1cc(CNCCc2c[nH]c3ccccc23)ccc1OCc1ccccc1C. The molecule has 2 N–H and O–H groups in total. The highest BCUT2D eigenvalue weighted by Crippen LogP contribution is 2.29. The number of aromatic nitrogens is 1. The van der Waals surface area contributed by atoms with Crippen LogP contribution in [0.5, 0.6) is 11.5 Å². The lowest BCUT2D eigenvalue weighted by atomic mass is 10.1. The van der Waals surface area contributed by atoms with Crippen LogP contribution in [0.4, 0.5) is 0 Å². The van der Waals surface area contributed by atoms with E-state index < -0.39 is 0 Å². The van der Waals surface area contributed by atoms with E-state index in [-0.39, 0.29) is 0 Å². The first-order chi connectivity index (χ1) is 14.7. The summed E-state index contributed by atoms with van der Waals surface area (Å²) in [5, 5.41) is 4.83. The Morgan fingerprint density at radius 3 is 2.60 bits per heavy atom. The number of para-hydroxylation sites is 1. The van der Waals surface area contributed by atoms with Gasteiger partial charge < -0.3 is 19.8 Å². The first-order valence-electron chi connectivity index (χ1n) is 10.3.